The van der Waals surface area contributed by atoms with Crippen molar-refractivity contribution in [3.63, 3.8) is 0 Å². The number of hydrogen-bond acceptors (Lipinski definition) is 6. The van der Waals surface area contributed by atoms with E-state index < -0.39 is 29.8 Å². The van der Waals surface area contributed by atoms with E-state index in [1.54, 1.807) is 20.8 Å². The van der Waals surface area contributed by atoms with Gasteiger partial charge in [-0.25, -0.2) is 14.4 Å². The summed E-state index contributed by atoms with van der Waals surface area (Å²) in [6, 6.07) is 17.4. The molecular formula is C26H34N2O6. The fraction of sp³-hybridized carbons (Fsp3) is 0.423. The zero-order valence-corrected chi connectivity index (χ0v) is 20.3. The van der Waals surface area contributed by atoms with Crippen molar-refractivity contribution in [2.24, 2.45) is 0 Å². The number of ether oxygens (including phenoxy) is 3. The Morgan fingerprint density at radius 3 is 1.91 bits per heavy atom. The van der Waals surface area contributed by atoms with Crippen LogP contribution in [0.2, 0.25) is 0 Å². The molecule has 1 atom stereocenters. The van der Waals surface area contributed by atoms with Gasteiger partial charge in [0.15, 0.2) is 0 Å². The highest BCUT2D eigenvalue weighted by Crippen LogP contribution is 2.11. The summed E-state index contributed by atoms with van der Waals surface area (Å²) >= 11 is 0. The van der Waals surface area contributed by atoms with Crippen LogP contribution in [0.3, 0.4) is 0 Å². The summed E-state index contributed by atoms with van der Waals surface area (Å²) in [7, 11) is 0. The molecule has 0 aliphatic heterocycles. The molecule has 2 aromatic rings. The van der Waals surface area contributed by atoms with Crippen molar-refractivity contribution in [2.45, 2.75) is 59.0 Å². The van der Waals surface area contributed by atoms with Crippen LogP contribution >= 0.6 is 0 Å². The maximum absolute atomic E-state index is 12.8. The SMILES string of the molecule is CCCN(C[C@@H](NC(=O)OCc1ccccc1)C(=O)OC(C)(C)C)C(=O)OCc1ccccc1. The first-order valence-electron chi connectivity index (χ1n) is 11.3. The van der Waals surface area contributed by atoms with Gasteiger partial charge in [0.2, 0.25) is 0 Å². The van der Waals surface area contributed by atoms with Gasteiger partial charge >= 0.3 is 18.2 Å². The molecule has 34 heavy (non-hydrogen) atoms. The molecule has 2 aromatic carbocycles. The Kier molecular flexibility index (Phi) is 10.4. The van der Waals surface area contributed by atoms with Crippen LogP contribution in [-0.2, 0) is 32.2 Å². The van der Waals surface area contributed by atoms with E-state index in [2.05, 4.69) is 5.32 Å². The van der Waals surface area contributed by atoms with E-state index in [9.17, 15) is 14.4 Å². The molecule has 0 aromatic heterocycles. The Morgan fingerprint density at radius 2 is 1.41 bits per heavy atom. The second kappa shape index (κ2) is 13.2. The zero-order chi connectivity index (χ0) is 25.0. The standard InChI is InChI=1S/C26H34N2O6/c1-5-16-28(25(31)33-19-21-14-10-7-11-15-21)17-22(23(29)34-26(2,3)4)27-24(30)32-18-20-12-8-6-9-13-20/h6-15,22H,5,16-19H2,1-4H3,(H,27,30)/t22-/m1/s1. The molecule has 0 unspecified atom stereocenters. The average Bonchev–Trinajstić information content (AvgIpc) is 2.80. The number of nitrogens with one attached hydrogen (secondary N) is 1. The third-order valence-electron chi connectivity index (χ3n) is 4.56. The lowest BCUT2D eigenvalue weighted by Crippen LogP contribution is -2.52. The predicted octanol–water partition coefficient (Wildman–Crippen LogP) is 4.67. The molecule has 184 valence electrons. The monoisotopic (exact) mass is 470 g/mol. The molecule has 0 bridgehead atoms. The number of nitrogens with zero attached hydrogens (tertiary/aromatic N) is 1. The number of alkyl carbamates (subject to hydrolysis) is 1. The molecular weight excluding hydrogens is 436 g/mol. The number of carbonyl (C=O) groups excluding carboxylic acids is 3. The maximum atomic E-state index is 12.8. The highest BCUT2D eigenvalue weighted by Gasteiger charge is 2.31. The number of benzene rings is 2. The van der Waals surface area contributed by atoms with Crippen molar-refractivity contribution in [1.82, 2.24) is 10.2 Å². The van der Waals surface area contributed by atoms with Crippen molar-refractivity contribution in [1.29, 1.82) is 0 Å². The summed E-state index contributed by atoms with van der Waals surface area (Å²) in [5, 5.41) is 2.54. The summed E-state index contributed by atoms with van der Waals surface area (Å²) < 4.78 is 16.1. The molecule has 1 N–H and O–H groups in total. The van der Waals surface area contributed by atoms with Crippen molar-refractivity contribution < 1.29 is 28.6 Å². The van der Waals surface area contributed by atoms with Gasteiger partial charge in [0.05, 0.1) is 6.54 Å². The first kappa shape index (κ1) is 26.7. The molecule has 0 heterocycles. The Labute approximate surface area is 201 Å². The minimum Gasteiger partial charge on any atom is -0.458 e. The van der Waals surface area contributed by atoms with E-state index in [4.69, 9.17) is 14.2 Å². The lowest BCUT2D eigenvalue weighted by molar-refractivity contribution is -0.157. The van der Waals surface area contributed by atoms with E-state index in [1.165, 1.54) is 4.90 Å². The fourth-order valence-electron chi connectivity index (χ4n) is 3.02. The molecule has 0 aliphatic rings. The van der Waals surface area contributed by atoms with E-state index in [0.717, 1.165) is 11.1 Å². The third-order valence-corrected chi connectivity index (χ3v) is 4.56. The molecule has 8 heteroatoms. The van der Waals surface area contributed by atoms with Crippen LogP contribution < -0.4 is 5.32 Å². The van der Waals surface area contributed by atoms with E-state index >= 15 is 0 Å². The molecule has 8 nitrogen and oxygen atoms in total. The van der Waals surface area contributed by atoms with Crippen LogP contribution in [0.15, 0.2) is 60.7 Å². The number of rotatable bonds is 10. The van der Waals surface area contributed by atoms with Gasteiger partial charge in [-0.1, -0.05) is 67.6 Å². The quantitative estimate of drug-likeness (QED) is 0.401. The van der Waals surface area contributed by atoms with Crippen LogP contribution in [-0.4, -0.2) is 47.8 Å². The molecule has 0 radical (unpaired) electrons. The van der Waals surface area contributed by atoms with Gasteiger partial charge < -0.3 is 24.4 Å². The van der Waals surface area contributed by atoms with Crippen LogP contribution in [0.5, 0.6) is 0 Å². The number of esters is 1. The Morgan fingerprint density at radius 1 is 0.882 bits per heavy atom. The minimum atomic E-state index is -1.13. The topological polar surface area (TPSA) is 94.2 Å². The Bertz CT molecular complexity index is 912. The highest BCUT2D eigenvalue weighted by molar-refractivity contribution is 5.82. The van der Waals surface area contributed by atoms with Crippen LogP contribution in [0, 0.1) is 0 Å². The van der Waals surface area contributed by atoms with Crippen molar-refractivity contribution in [3.8, 4) is 0 Å². The van der Waals surface area contributed by atoms with Crippen molar-refractivity contribution in [2.75, 3.05) is 13.1 Å². The second-order valence-electron chi connectivity index (χ2n) is 8.78. The minimum absolute atomic E-state index is 0.0471. The summed E-state index contributed by atoms with van der Waals surface area (Å²) in [5.41, 5.74) is 0.885. The highest BCUT2D eigenvalue weighted by atomic mass is 16.6. The van der Waals surface area contributed by atoms with Gasteiger partial charge in [0.1, 0.15) is 24.9 Å². The molecule has 0 fully saturated rings. The molecule has 0 saturated carbocycles. The first-order chi connectivity index (χ1) is 16.2. The average molecular weight is 471 g/mol. The summed E-state index contributed by atoms with van der Waals surface area (Å²) in [4.78, 5) is 39.4. The molecule has 2 rings (SSSR count). The van der Waals surface area contributed by atoms with Gasteiger partial charge in [-0.2, -0.15) is 0 Å². The van der Waals surface area contributed by atoms with E-state index in [0.29, 0.717) is 13.0 Å². The molecule has 0 saturated heterocycles. The van der Waals surface area contributed by atoms with Crippen LogP contribution in [0.25, 0.3) is 0 Å². The first-order valence-corrected chi connectivity index (χ1v) is 11.3. The van der Waals surface area contributed by atoms with Crippen molar-refractivity contribution in [3.05, 3.63) is 71.8 Å². The molecule has 2 amide bonds. The largest absolute Gasteiger partial charge is 0.458 e. The number of carbonyl (C=O) groups is 3. The lowest BCUT2D eigenvalue weighted by Gasteiger charge is -2.28. The third kappa shape index (κ3) is 9.94. The summed E-state index contributed by atoms with van der Waals surface area (Å²) in [5.74, 6) is -0.666. The van der Waals surface area contributed by atoms with Crippen LogP contribution in [0.1, 0.15) is 45.2 Å². The van der Waals surface area contributed by atoms with Crippen LogP contribution in [0.4, 0.5) is 9.59 Å². The second-order valence-corrected chi connectivity index (χ2v) is 8.78. The maximum Gasteiger partial charge on any atom is 0.410 e. The van der Waals surface area contributed by atoms with E-state index in [1.807, 2.05) is 67.6 Å². The number of amides is 2. The van der Waals surface area contributed by atoms with Crippen molar-refractivity contribution >= 4 is 18.2 Å². The van der Waals surface area contributed by atoms with Gasteiger partial charge in [-0.05, 0) is 38.3 Å². The normalized spacial score (nSPS) is 11.8. The number of hydrogen-bond donors (Lipinski definition) is 1. The van der Waals surface area contributed by atoms with Gasteiger partial charge in [0, 0.05) is 6.54 Å². The van der Waals surface area contributed by atoms with Gasteiger partial charge in [0.25, 0.3) is 0 Å². The molecule has 0 aliphatic carbocycles. The van der Waals surface area contributed by atoms with Gasteiger partial charge in [-0.3, -0.25) is 0 Å². The molecule has 0 spiro atoms. The smallest absolute Gasteiger partial charge is 0.410 e. The van der Waals surface area contributed by atoms with E-state index in [-0.39, 0.29) is 19.8 Å². The Hall–Kier alpha value is -3.55. The summed E-state index contributed by atoms with van der Waals surface area (Å²) in [6.45, 7) is 7.47. The Balaban J connectivity index is 2.05. The zero-order valence-electron chi connectivity index (χ0n) is 20.3. The fourth-order valence-corrected chi connectivity index (χ4v) is 3.02. The lowest BCUT2D eigenvalue weighted by atomic mass is 10.2. The van der Waals surface area contributed by atoms with Gasteiger partial charge in [-0.15, -0.1) is 0 Å². The predicted molar refractivity (Wildman–Crippen MR) is 128 cm³/mol. The summed E-state index contributed by atoms with van der Waals surface area (Å²) in [6.07, 6.45) is -0.729.